The lowest BCUT2D eigenvalue weighted by atomic mass is 10.3. The highest BCUT2D eigenvalue weighted by molar-refractivity contribution is 6.58. The van der Waals surface area contributed by atoms with Crippen LogP contribution in [0.15, 0.2) is 28.7 Å². The molecule has 0 aromatic rings. The van der Waals surface area contributed by atoms with Gasteiger partial charge >= 0.3 is 5.97 Å². The van der Waals surface area contributed by atoms with Gasteiger partial charge in [-0.1, -0.05) is 18.2 Å². The van der Waals surface area contributed by atoms with Gasteiger partial charge in [0.05, 0.1) is 6.61 Å². The number of nitrogens with two attached hydrogens (primary N) is 1. The van der Waals surface area contributed by atoms with E-state index in [0.29, 0.717) is 6.61 Å². The number of nitrogens with zero attached hydrogens (tertiary/aromatic N) is 2. The lowest BCUT2D eigenvalue weighted by Crippen LogP contribution is -2.19. The Morgan fingerprint density at radius 3 is 2.67 bits per heavy atom. The number of halogens is 1. The van der Waals surface area contributed by atoms with Gasteiger partial charge in [-0.15, -0.1) is 0 Å². The molecule has 0 spiro atoms. The molecule has 0 radical (unpaired) electrons. The van der Waals surface area contributed by atoms with Crippen LogP contribution in [0.4, 0.5) is 0 Å². The molecule has 0 aromatic heterocycles. The molecule has 0 amide bonds. The zero-order valence-electron chi connectivity index (χ0n) is 10.5. The van der Waals surface area contributed by atoms with Gasteiger partial charge in [0.2, 0.25) is 5.88 Å². The van der Waals surface area contributed by atoms with Gasteiger partial charge in [0, 0.05) is 12.7 Å². The number of aliphatic carboxylic acids is 1. The van der Waals surface area contributed by atoms with Gasteiger partial charge in [0.15, 0.2) is 5.71 Å². The van der Waals surface area contributed by atoms with E-state index in [4.69, 9.17) is 27.2 Å². The van der Waals surface area contributed by atoms with E-state index in [0.717, 1.165) is 19.2 Å². The Bertz CT molecular complexity index is 365. The molecule has 0 aliphatic rings. The molecule has 0 unspecified atom stereocenters. The van der Waals surface area contributed by atoms with Crippen LogP contribution in [0, 0.1) is 0 Å². The molecule has 0 saturated carbocycles. The van der Waals surface area contributed by atoms with E-state index < -0.39 is 11.7 Å². The third kappa shape index (κ3) is 6.27. The summed E-state index contributed by atoms with van der Waals surface area (Å²) in [6.07, 6.45) is 1.82. The van der Waals surface area contributed by atoms with Crippen LogP contribution >= 0.6 is 11.6 Å². The SMILES string of the molecule is C=CN=C(C(=O)O)/C(Cl)=C(\N)OCCCN(C)C. The van der Waals surface area contributed by atoms with Gasteiger partial charge in [-0.3, -0.25) is 0 Å². The van der Waals surface area contributed by atoms with Crippen LogP contribution in [0.5, 0.6) is 0 Å². The molecule has 0 aliphatic carbocycles. The van der Waals surface area contributed by atoms with Crippen LogP contribution in [-0.4, -0.2) is 48.9 Å². The Hall–Kier alpha value is -1.53. The molecule has 0 atom stereocenters. The van der Waals surface area contributed by atoms with Gasteiger partial charge in [-0.05, 0) is 20.5 Å². The maximum absolute atomic E-state index is 10.8. The van der Waals surface area contributed by atoms with Gasteiger partial charge in [0.25, 0.3) is 0 Å². The summed E-state index contributed by atoms with van der Waals surface area (Å²) < 4.78 is 5.15. The fourth-order valence-electron chi connectivity index (χ4n) is 1.04. The van der Waals surface area contributed by atoms with Crippen LogP contribution in [0.1, 0.15) is 6.42 Å². The summed E-state index contributed by atoms with van der Waals surface area (Å²) in [6, 6.07) is 0. The molecular formula is C11H18ClN3O3. The van der Waals surface area contributed by atoms with Gasteiger partial charge in [-0.2, -0.15) is 0 Å². The fraction of sp³-hybridized carbons (Fsp3) is 0.455. The van der Waals surface area contributed by atoms with E-state index in [1.807, 2.05) is 19.0 Å². The van der Waals surface area contributed by atoms with Crippen molar-refractivity contribution in [3.63, 3.8) is 0 Å². The van der Waals surface area contributed by atoms with Crippen molar-refractivity contribution in [3.8, 4) is 0 Å². The molecule has 7 heteroatoms. The highest BCUT2D eigenvalue weighted by Crippen LogP contribution is 2.10. The third-order valence-corrected chi connectivity index (χ3v) is 2.22. The first-order valence-corrected chi connectivity index (χ1v) is 5.63. The molecule has 102 valence electrons. The van der Waals surface area contributed by atoms with Crippen molar-refractivity contribution in [3.05, 3.63) is 23.7 Å². The third-order valence-electron chi connectivity index (χ3n) is 1.85. The van der Waals surface area contributed by atoms with E-state index >= 15 is 0 Å². The Morgan fingerprint density at radius 1 is 1.61 bits per heavy atom. The van der Waals surface area contributed by atoms with Crippen molar-refractivity contribution >= 4 is 23.3 Å². The Kier molecular flexibility index (Phi) is 7.82. The molecular weight excluding hydrogens is 258 g/mol. The summed E-state index contributed by atoms with van der Waals surface area (Å²) in [6.45, 7) is 4.48. The average molecular weight is 276 g/mol. The number of hydrogen-bond donors (Lipinski definition) is 2. The second-order valence-corrected chi connectivity index (χ2v) is 4.03. The summed E-state index contributed by atoms with van der Waals surface area (Å²) in [5, 5.41) is 8.62. The number of aliphatic imine (C=N–C) groups is 1. The highest BCUT2D eigenvalue weighted by Gasteiger charge is 2.17. The largest absolute Gasteiger partial charge is 0.478 e. The van der Waals surface area contributed by atoms with E-state index in [-0.39, 0.29) is 10.9 Å². The summed E-state index contributed by atoms with van der Waals surface area (Å²) in [5.74, 6) is -1.45. The quantitative estimate of drug-likeness (QED) is 0.392. The Labute approximate surface area is 111 Å². The van der Waals surface area contributed by atoms with Crippen molar-refractivity contribution in [2.45, 2.75) is 6.42 Å². The summed E-state index contributed by atoms with van der Waals surface area (Å²) in [4.78, 5) is 16.4. The first-order chi connectivity index (χ1) is 8.40. The van der Waals surface area contributed by atoms with E-state index in [9.17, 15) is 4.79 Å². The van der Waals surface area contributed by atoms with Crippen LogP contribution in [0.2, 0.25) is 0 Å². The van der Waals surface area contributed by atoms with Crippen molar-refractivity contribution in [1.82, 2.24) is 4.90 Å². The highest BCUT2D eigenvalue weighted by atomic mass is 35.5. The molecule has 6 nitrogen and oxygen atoms in total. The number of hydrogen-bond acceptors (Lipinski definition) is 5. The van der Waals surface area contributed by atoms with Crippen LogP contribution in [0.25, 0.3) is 0 Å². The normalized spacial score (nSPS) is 13.2. The molecule has 0 aliphatic heterocycles. The Balaban J connectivity index is 4.54. The minimum Gasteiger partial charge on any atom is -0.478 e. The molecule has 0 saturated heterocycles. The number of rotatable bonds is 8. The fourth-order valence-corrected chi connectivity index (χ4v) is 1.22. The van der Waals surface area contributed by atoms with Crippen LogP contribution in [0.3, 0.4) is 0 Å². The average Bonchev–Trinajstić information content (AvgIpc) is 2.29. The first-order valence-electron chi connectivity index (χ1n) is 5.25. The zero-order chi connectivity index (χ0) is 14.1. The predicted octanol–water partition coefficient (Wildman–Crippen LogP) is 0.990. The van der Waals surface area contributed by atoms with Crippen LogP contribution in [-0.2, 0) is 9.53 Å². The Morgan fingerprint density at radius 2 is 2.22 bits per heavy atom. The minimum absolute atomic E-state index is 0.154. The van der Waals surface area contributed by atoms with Crippen molar-refractivity contribution < 1.29 is 14.6 Å². The number of carboxylic acids is 1. The van der Waals surface area contributed by atoms with Gasteiger partial charge in [0.1, 0.15) is 5.03 Å². The molecule has 0 bridgehead atoms. The summed E-state index contributed by atoms with van der Waals surface area (Å²) in [5.41, 5.74) is 5.14. The monoisotopic (exact) mass is 275 g/mol. The number of carbonyl (C=O) groups is 1. The van der Waals surface area contributed by atoms with E-state index in [2.05, 4.69) is 11.6 Å². The molecule has 0 rings (SSSR count). The van der Waals surface area contributed by atoms with Crippen molar-refractivity contribution in [1.29, 1.82) is 0 Å². The first kappa shape index (κ1) is 16.5. The number of ether oxygens (including phenoxy) is 1. The minimum atomic E-state index is -1.29. The maximum atomic E-state index is 10.8. The van der Waals surface area contributed by atoms with Crippen molar-refractivity contribution in [2.24, 2.45) is 10.7 Å². The van der Waals surface area contributed by atoms with Gasteiger partial charge < -0.3 is 20.5 Å². The molecule has 0 aromatic carbocycles. The zero-order valence-corrected chi connectivity index (χ0v) is 11.3. The van der Waals surface area contributed by atoms with Gasteiger partial charge in [-0.25, -0.2) is 9.79 Å². The molecule has 0 heterocycles. The molecule has 3 N–H and O–H groups in total. The molecule has 18 heavy (non-hydrogen) atoms. The second kappa shape index (κ2) is 8.54. The van der Waals surface area contributed by atoms with Crippen LogP contribution < -0.4 is 5.73 Å². The van der Waals surface area contributed by atoms with E-state index in [1.54, 1.807) is 0 Å². The standard InChI is InChI=1S/C11H18ClN3O3/c1-4-14-9(11(16)17)8(12)10(13)18-7-5-6-15(2)3/h4H,1,5-7,13H2,2-3H3,(H,16,17)/b10-8-,14-9?. The topological polar surface area (TPSA) is 88.1 Å². The van der Waals surface area contributed by atoms with E-state index in [1.165, 1.54) is 0 Å². The lowest BCUT2D eigenvalue weighted by Gasteiger charge is -2.11. The number of carboxylic acid groups (broad SMARTS) is 1. The second-order valence-electron chi connectivity index (χ2n) is 3.65. The predicted molar refractivity (Wildman–Crippen MR) is 71.5 cm³/mol. The lowest BCUT2D eigenvalue weighted by molar-refractivity contribution is -0.129. The smallest absolute Gasteiger partial charge is 0.356 e. The molecule has 0 fully saturated rings. The summed E-state index contributed by atoms with van der Waals surface area (Å²) in [7, 11) is 3.87. The van der Waals surface area contributed by atoms with Crippen molar-refractivity contribution in [2.75, 3.05) is 27.2 Å². The maximum Gasteiger partial charge on any atom is 0.356 e. The summed E-state index contributed by atoms with van der Waals surface area (Å²) >= 11 is 5.77.